The zero-order valence-corrected chi connectivity index (χ0v) is 11.8. The van der Waals surface area contributed by atoms with E-state index in [0.717, 1.165) is 37.4 Å². The third-order valence-electron chi connectivity index (χ3n) is 3.09. The standard InChI is InChI=1S/C13H20ClN3O/c1-3-7-18-12-8-10(2)15-13(16-12)17-6-4-5-11(17)9-14/h8,11H,3-7,9H2,1-2H3. The summed E-state index contributed by atoms with van der Waals surface area (Å²) in [6, 6.07) is 2.23. The van der Waals surface area contributed by atoms with Gasteiger partial charge >= 0.3 is 0 Å². The Balaban J connectivity index is 2.18. The first kappa shape index (κ1) is 13.4. The summed E-state index contributed by atoms with van der Waals surface area (Å²) in [5.41, 5.74) is 0.936. The molecule has 1 saturated heterocycles. The van der Waals surface area contributed by atoms with Crippen LogP contribution in [0.5, 0.6) is 5.88 Å². The van der Waals surface area contributed by atoms with Crippen LogP contribution in [-0.4, -0.2) is 35.0 Å². The quantitative estimate of drug-likeness (QED) is 0.771. The molecule has 1 aliphatic heterocycles. The predicted octanol–water partition coefficient (Wildman–Crippen LogP) is 2.78. The second-order valence-electron chi connectivity index (χ2n) is 4.64. The first-order chi connectivity index (χ1) is 8.74. The topological polar surface area (TPSA) is 38.2 Å². The SMILES string of the molecule is CCCOc1cc(C)nc(N2CCCC2CCl)n1. The molecule has 1 aromatic rings. The van der Waals surface area contributed by atoms with Crippen molar-refractivity contribution in [3.63, 3.8) is 0 Å². The minimum atomic E-state index is 0.354. The minimum Gasteiger partial charge on any atom is -0.478 e. The molecule has 1 unspecified atom stereocenters. The highest BCUT2D eigenvalue weighted by atomic mass is 35.5. The molecule has 5 heteroatoms. The monoisotopic (exact) mass is 269 g/mol. The highest BCUT2D eigenvalue weighted by Crippen LogP contribution is 2.25. The van der Waals surface area contributed by atoms with Gasteiger partial charge in [0.15, 0.2) is 0 Å². The molecule has 1 aliphatic rings. The van der Waals surface area contributed by atoms with Crippen molar-refractivity contribution in [3.05, 3.63) is 11.8 Å². The molecular formula is C13H20ClN3O. The Bertz CT molecular complexity index is 400. The molecule has 0 radical (unpaired) electrons. The molecule has 0 spiro atoms. The fourth-order valence-corrected chi connectivity index (χ4v) is 2.51. The minimum absolute atomic E-state index is 0.354. The summed E-state index contributed by atoms with van der Waals surface area (Å²) in [5, 5.41) is 0. The van der Waals surface area contributed by atoms with Crippen LogP contribution in [0.4, 0.5) is 5.95 Å². The molecule has 2 rings (SSSR count). The van der Waals surface area contributed by atoms with Crippen molar-refractivity contribution >= 4 is 17.5 Å². The van der Waals surface area contributed by atoms with E-state index in [-0.39, 0.29) is 0 Å². The average Bonchev–Trinajstić information content (AvgIpc) is 2.84. The van der Waals surface area contributed by atoms with Gasteiger partial charge in [0, 0.05) is 30.2 Å². The molecule has 0 saturated carbocycles. The number of alkyl halides is 1. The largest absolute Gasteiger partial charge is 0.478 e. The van der Waals surface area contributed by atoms with Crippen LogP contribution in [-0.2, 0) is 0 Å². The molecule has 1 atom stereocenters. The predicted molar refractivity (Wildman–Crippen MR) is 73.6 cm³/mol. The Morgan fingerprint density at radius 1 is 1.50 bits per heavy atom. The van der Waals surface area contributed by atoms with Gasteiger partial charge in [0.2, 0.25) is 11.8 Å². The lowest BCUT2D eigenvalue weighted by atomic mass is 10.2. The molecule has 2 heterocycles. The molecule has 0 N–H and O–H groups in total. The van der Waals surface area contributed by atoms with E-state index in [2.05, 4.69) is 21.8 Å². The molecule has 0 aliphatic carbocycles. The molecule has 1 aromatic heterocycles. The number of hydrogen-bond acceptors (Lipinski definition) is 4. The maximum absolute atomic E-state index is 5.99. The smallest absolute Gasteiger partial charge is 0.229 e. The van der Waals surface area contributed by atoms with Crippen molar-refractivity contribution in [2.45, 2.75) is 39.2 Å². The van der Waals surface area contributed by atoms with Gasteiger partial charge in [0.25, 0.3) is 0 Å². The lowest BCUT2D eigenvalue weighted by molar-refractivity contribution is 0.304. The second-order valence-corrected chi connectivity index (χ2v) is 4.95. The van der Waals surface area contributed by atoms with Crippen LogP contribution in [0.1, 0.15) is 31.9 Å². The van der Waals surface area contributed by atoms with E-state index < -0.39 is 0 Å². The van der Waals surface area contributed by atoms with E-state index in [9.17, 15) is 0 Å². The number of aryl methyl sites for hydroxylation is 1. The van der Waals surface area contributed by atoms with Crippen LogP contribution in [0, 0.1) is 6.92 Å². The second kappa shape index (κ2) is 6.23. The zero-order chi connectivity index (χ0) is 13.0. The summed E-state index contributed by atoms with van der Waals surface area (Å²) in [6.07, 6.45) is 3.25. The Morgan fingerprint density at radius 2 is 2.33 bits per heavy atom. The van der Waals surface area contributed by atoms with E-state index in [1.165, 1.54) is 0 Å². The lowest BCUT2D eigenvalue weighted by Crippen LogP contribution is -2.32. The van der Waals surface area contributed by atoms with Gasteiger partial charge < -0.3 is 9.64 Å². The van der Waals surface area contributed by atoms with Gasteiger partial charge in [-0.15, -0.1) is 11.6 Å². The van der Waals surface area contributed by atoms with E-state index >= 15 is 0 Å². The highest BCUT2D eigenvalue weighted by molar-refractivity contribution is 6.18. The number of halogens is 1. The first-order valence-corrected chi connectivity index (χ1v) is 7.09. The number of rotatable bonds is 5. The summed E-state index contributed by atoms with van der Waals surface area (Å²) in [5.74, 6) is 2.05. The molecule has 4 nitrogen and oxygen atoms in total. The van der Waals surface area contributed by atoms with E-state index in [4.69, 9.17) is 16.3 Å². The zero-order valence-electron chi connectivity index (χ0n) is 11.0. The van der Waals surface area contributed by atoms with Crippen LogP contribution < -0.4 is 9.64 Å². The lowest BCUT2D eigenvalue weighted by Gasteiger charge is -2.23. The normalized spacial score (nSPS) is 19.3. The molecular weight excluding hydrogens is 250 g/mol. The summed E-state index contributed by atoms with van der Waals surface area (Å²) in [4.78, 5) is 11.2. The molecule has 0 amide bonds. The van der Waals surface area contributed by atoms with Crippen LogP contribution in [0.3, 0.4) is 0 Å². The number of hydrogen-bond donors (Lipinski definition) is 0. The van der Waals surface area contributed by atoms with Gasteiger partial charge in [-0.1, -0.05) is 6.92 Å². The van der Waals surface area contributed by atoms with Crippen molar-refractivity contribution in [3.8, 4) is 5.88 Å². The maximum Gasteiger partial charge on any atom is 0.229 e. The van der Waals surface area contributed by atoms with E-state index in [1.807, 2.05) is 13.0 Å². The third-order valence-corrected chi connectivity index (χ3v) is 3.44. The summed E-state index contributed by atoms with van der Waals surface area (Å²) < 4.78 is 5.59. The molecule has 18 heavy (non-hydrogen) atoms. The summed E-state index contributed by atoms with van der Waals surface area (Å²) in [7, 11) is 0. The van der Waals surface area contributed by atoms with E-state index in [1.54, 1.807) is 0 Å². The Labute approximate surface area is 113 Å². The molecule has 0 bridgehead atoms. The van der Waals surface area contributed by atoms with Crippen LogP contribution in [0.15, 0.2) is 6.07 Å². The Hall–Kier alpha value is -1.03. The van der Waals surface area contributed by atoms with Gasteiger partial charge in [-0.05, 0) is 26.2 Å². The van der Waals surface area contributed by atoms with Gasteiger partial charge in [0.1, 0.15) is 0 Å². The van der Waals surface area contributed by atoms with E-state index in [0.29, 0.717) is 24.4 Å². The Morgan fingerprint density at radius 3 is 3.06 bits per heavy atom. The van der Waals surface area contributed by atoms with Gasteiger partial charge in [-0.25, -0.2) is 4.98 Å². The van der Waals surface area contributed by atoms with Gasteiger partial charge in [-0.3, -0.25) is 0 Å². The fourth-order valence-electron chi connectivity index (χ4n) is 2.19. The first-order valence-electron chi connectivity index (χ1n) is 6.55. The van der Waals surface area contributed by atoms with Crippen LogP contribution in [0.25, 0.3) is 0 Å². The highest BCUT2D eigenvalue weighted by Gasteiger charge is 2.26. The molecule has 1 fully saturated rings. The third kappa shape index (κ3) is 3.05. The summed E-state index contributed by atoms with van der Waals surface area (Å²) >= 11 is 5.99. The van der Waals surface area contributed by atoms with Crippen LogP contribution >= 0.6 is 11.6 Å². The van der Waals surface area contributed by atoms with Crippen molar-refractivity contribution in [1.82, 2.24) is 9.97 Å². The number of nitrogens with zero attached hydrogens (tertiary/aromatic N) is 3. The summed E-state index contributed by atoms with van der Waals surface area (Å²) in [6.45, 7) is 5.72. The van der Waals surface area contributed by atoms with Gasteiger partial charge in [-0.2, -0.15) is 4.98 Å². The number of aromatic nitrogens is 2. The van der Waals surface area contributed by atoms with Crippen molar-refractivity contribution in [2.24, 2.45) is 0 Å². The number of ether oxygens (including phenoxy) is 1. The van der Waals surface area contributed by atoms with Crippen molar-refractivity contribution < 1.29 is 4.74 Å². The fraction of sp³-hybridized carbons (Fsp3) is 0.692. The Kier molecular flexibility index (Phi) is 4.64. The molecule has 0 aromatic carbocycles. The average molecular weight is 270 g/mol. The number of anilines is 1. The van der Waals surface area contributed by atoms with Crippen molar-refractivity contribution in [1.29, 1.82) is 0 Å². The van der Waals surface area contributed by atoms with Gasteiger partial charge in [0.05, 0.1) is 6.61 Å². The van der Waals surface area contributed by atoms with Crippen molar-refractivity contribution in [2.75, 3.05) is 23.9 Å². The molecule has 100 valence electrons. The van der Waals surface area contributed by atoms with Crippen LogP contribution in [0.2, 0.25) is 0 Å². The maximum atomic E-state index is 5.99.